The number of hydrogen-bond acceptors (Lipinski definition) is 3. The molecule has 0 saturated carbocycles. The van der Waals surface area contributed by atoms with Crippen molar-refractivity contribution >= 4 is 26.7 Å². The number of amides is 1. The summed E-state index contributed by atoms with van der Waals surface area (Å²) in [6.07, 6.45) is 1.38. The van der Waals surface area contributed by atoms with E-state index < -0.39 is 10.0 Å². The SMILES string of the molecule is O=C(NCc1cccc2ccccc12)C1CCCN(S(=O)(=O)c2ccccc2)C1. The first-order valence-electron chi connectivity index (χ1n) is 9.85. The molecule has 1 fully saturated rings. The Balaban J connectivity index is 1.44. The molecular weight excluding hydrogens is 384 g/mol. The molecule has 1 N–H and O–H groups in total. The van der Waals surface area contributed by atoms with Gasteiger partial charge in [0.25, 0.3) is 0 Å². The van der Waals surface area contributed by atoms with Gasteiger partial charge in [-0.1, -0.05) is 60.7 Å². The molecule has 0 bridgehead atoms. The maximum absolute atomic E-state index is 12.9. The van der Waals surface area contributed by atoms with Crippen LogP contribution >= 0.6 is 0 Å². The highest BCUT2D eigenvalue weighted by Gasteiger charge is 2.33. The highest BCUT2D eigenvalue weighted by Crippen LogP contribution is 2.24. The lowest BCUT2D eigenvalue weighted by molar-refractivity contribution is -0.126. The summed E-state index contributed by atoms with van der Waals surface area (Å²) in [6.45, 7) is 1.10. The van der Waals surface area contributed by atoms with E-state index in [9.17, 15) is 13.2 Å². The van der Waals surface area contributed by atoms with Gasteiger partial charge in [0.05, 0.1) is 10.8 Å². The van der Waals surface area contributed by atoms with Gasteiger partial charge in [-0.15, -0.1) is 0 Å². The summed E-state index contributed by atoms with van der Waals surface area (Å²) >= 11 is 0. The number of carbonyl (C=O) groups excluding carboxylic acids is 1. The first kappa shape index (κ1) is 19.6. The monoisotopic (exact) mass is 408 g/mol. The highest BCUT2D eigenvalue weighted by molar-refractivity contribution is 7.89. The molecule has 1 aliphatic heterocycles. The van der Waals surface area contributed by atoms with Gasteiger partial charge in [0.15, 0.2) is 0 Å². The largest absolute Gasteiger partial charge is 0.352 e. The number of nitrogens with one attached hydrogen (secondary N) is 1. The van der Waals surface area contributed by atoms with E-state index >= 15 is 0 Å². The van der Waals surface area contributed by atoms with Crippen LogP contribution in [0.3, 0.4) is 0 Å². The third-order valence-electron chi connectivity index (χ3n) is 5.47. The second-order valence-corrected chi connectivity index (χ2v) is 9.31. The molecule has 150 valence electrons. The first-order chi connectivity index (χ1) is 14.1. The van der Waals surface area contributed by atoms with Gasteiger partial charge in [0.1, 0.15) is 0 Å². The minimum atomic E-state index is -3.57. The first-order valence-corrected chi connectivity index (χ1v) is 11.3. The lowest BCUT2D eigenvalue weighted by Gasteiger charge is -2.31. The van der Waals surface area contributed by atoms with Crippen LogP contribution in [0.2, 0.25) is 0 Å². The number of piperidine rings is 1. The van der Waals surface area contributed by atoms with E-state index in [1.807, 2.05) is 42.5 Å². The molecule has 3 aromatic rings. The van der Waals surface area contributed by atoms with Gasteiger partial charge in [-0.05, 0) is 41.3 Å². The van der Waals surface area contributed by atoms with Crippen molar-refractivity contribution in [3.8, 4) is 0 Å². The zero-order valence-electron chi connectivity index (χ0n) is 16.1. The van der Waals surface area contributed by atoms with E-state index in [1.54, 1.807) is 30.3 Å². The van der Waals surface area contributed by atoms with E-state index in [-0.39, 0.29) is 23.3 Å². The van der Waals surface area contributed by atoms with Crippen molar-refractivity contribution < 1.29 is 13.2 Å². The van der Waals surface area contributed by atoms with Crippen molar-refractivity contribution in [1.82, 2.24) is 9.62 Å². The zero-order chi connectivity index (χ0) is 20.3. The molecule has 1 atom stereocenters. The fourth-order valence-electron chi connectivity index (χ4n) is 3.89. The number of nitrogens with zero attached hydrogens (tertiary/aromatic N) is 1. The van der Waals surface area contributed by atoms with Gasteiger partial charge in [-0.25, -0.2) is 8.42 Å². The smallest absolute Gasteiger partial charge is 0.243 e. The Morgan fingerprint density at radius 2 is 1.69 bits per heavy atom. The van der Waals surface area contributed by atoms with Gasteiger partial charge < -0.3 is 5.32 Å². The van der Waals surface area contributed by atoms with Crippen LogP contribution in [0.15, 0.2) is 77.7 Å². The minimum Gasteiger partial charge on any atom is -0.352 e. The second-order valence-electron chi connectivity index (χ2n) is 7.37. The topological polar surface area (TPSA) is 66.5 Å². The molecule has 6 heteroatoms. The van der Waals surface area contributed by atoms with Crippen molar-refractivity contribution in [1.29, 1.82) is 0 Å². The molecule has 1 saturated heterocycles. The average Bonchev–Trinajstić information content (AvgIpc) is 2.78. The molecule has 5 nitrogen and oxygen atoms in total. The van der Waals surface area contributed by atoms with Crippen molar-refractivity contribution in [2.75, 3.05) is 13.1 Å². The van der Waals surface area contributed by atoms with Crippen LogP contribution in [-0.2, 0) is 21.4 Å². The molecule has 1 amide bonds. The maximum atomic E-state index is 12.9. The van der Waals surface area contributed by atoms with Crippen molar-refractivity contribution in [2.45, 2.75) is 24.3 Å². The van der Waals surface area contributed by atoms with E-state index in [2.05, 4.69) is 5.32 Å². The highest BCUT2D eigenvalue weighted by atomic mass is 32.2. The fraction of sp³-hybridized carbons (Fsp3) is 0.261. The number of sulfonamides is 1. The summed E-state index contributed by atoms with van der Waals surface area (Å²) in [6, 6.07) is 22.5. The van der Waals surface area contributed by atoms with Gasteiger partial charge >= 0.3 is 0 Å². The molecule has 0 aromatic heterocycles. The van der Waals surface area contributed by atoms with Crippen molar-refractivity contribution in [3.63, 3.8) is 0 Å². The summed E-state index contributed by atoms with van der Waals surface area (Å²) in [5.41, 5.74) is 1.06. The fourth-order valence-corrected chi connectivity index (χ4v) is 5.43. The zero-order valence-corrected chi connectivity index (χ0v) is 16.9. The number of rotatable bonds is 5. The Hall–Kier alpha value is -2.70. The molecule has 0 spiro atoms. The van der Waals surface area contributed by atoms with Crippen LogP contribution in [0, 0.1) is 5.92 Å². The van der Waals surface area contributed by atoms with Crippen LogP contribution in [-0.4, -0.2) is 31.7 Å². The van der Waals surface area contributed by atoms with Crippen LogP contribution in [0.4, 0.5) is 0 Å². The minimum absolute atomic E-state index is 0.0918. The predicted octanol–water partition coefficient (Wildman–Crippen LogP) is 3.56. The molecule has 4 rings (SSSR count). The summed E-state index contributed by atoms with van der Waals surface area (Å²) in [5, 5.41) is 5.27. The van der Waals surface area contributed by atoms with Gasteiger partial charge in [-0.3, -0.25) is 4.79 Å². The lowest BCUT2D eigenvalue weighted by atomic mass is 9.98. The second kappa shape index (κ2) is 8.35. The van der Waals surface area contributed by atoms with E-state index in [0.29, 0.717) is 25.9 Å². The van der Waals surface area contributed by atoms with Gasteiger partial charge in [-0.2, -0.15) is 4.31 Å². The number of fused-ring (bicyclic) bond motifs is 1. The van der Waals surface area contributed by atoms with Crippen LogP contribution < -0.4 is 5.32 Å². The van der Waals surface area contributed by atoms with E-state index in [0.717, 1.165) is 16.3 Å². The van der Waals surface area contributed by atoms with E-state index in [1.165, 1.54) is 4.31 Å². The maximum Gasteiger partial charge on any atom is 0.243 e. The molecule has 1 aliphatic rings. The molecule has 29 heavy (non-hydrogen) atoms. The summed E-state index contributed by atoms with van der Waals surface area (Å²) in [4.78, 5) is 13.1. The van der Waals surface area contributed by atoms with Crippen LogP contribution in [0.5, 0.6) is 0 Å². The number of benzene rings is 3. The van der Waals surface area contributed by atoms with Crippen molar-refractivity contribution in [3.05, 3.63) is 78.4 Å². The Morgan fingerprint density at radius 3 is 2.52 bits per heavy atom. The molecular formula is C23H24N2O3S. The Morgan fingerprint density at radius 1 is 0.966 bits per heavy atom. The van der Waals surface area contributed by atoms with E-state index in [4.69, 9.17) is 0 Å². The lowest BCUT2D eigenvalue weighted by Crippen LogP contribution is -2.45. The van der Waals surface area contributed by atoms with Crippen LogP contribution in [0.25, 0.3) is 10.8 Å². The molecule has 0 radical (unpaired) electrons. The normalized spacial score (nSPS) is 17.9. The number of carbonyl (C=O) groups is 1. The summed E-state index contributed by atoms with van der Waals surface area (Å²) in [5.74, 6) is -0.428. The van der Waals surface area contributed by atoms with Gasteiger partial charge in [0, 0.05) is 19.6 Å². The quantitative estimate of drug-likeness (QED) is 0.702. The Bertz CT molecular complexity index is 1110. The molecule has 1 heterocycles. The third-order valence-corrected chi connectivity index (χ3v) is 7.35. The van der Waals surface area contributed by atoms with Gasteiger partial charge in [0.2, 0.25) is 15.9 Å². The molecule has 0 aliphatic carbocycles. The molecule has 1 unspecified atom stereocenters. The van der Waals surface area contributed by atoms with Crippen LogP contribution in [0.1, 0.15) is 18.4 Å². The summed E-state index contributed by atoms with van der Waals surface area (Å²) in [7, 11) is -3.57. The third kappa shape index (κ3) is 4.18. The molecule has 3 aromatic carbocycles. The average molecular weight is 409 g/mol. The Labute approximate surface area is 171 Å². The predicted molar refractivity (Wildman–Crippen MR) is 114 cm³/mol. The summed E-state index contributed by atoms with van der Waals surface area (Å²) < 4.78 is 27.2. The van der Waals surface area contributed by atoms with Crippen molar-refractivity contribution in [2.24, 2.45) is 5.92 Å². The number of hydrogen-bond donors (Lipinski definition) is 1. The Kier molecular flexibility index (Phi) is 5.65. The standard InChI is InChI=1S/C23H24N2O3S/c26-23(24-16-19-10-6-9-18-8-4-5-14-22(18)19)20-11-7-15-25(17-20)29(27,28)21-12-2-1-3-13-21/h1-6,8-10,12-14,20H,7,11,15-17H2,(H,24,26).